The molecule has 0 saturated heterocycles. The zero-order valence-electron chi connectivity index (χ0n) is 9.91. The van der Waals surface area contributed by atoms with Crippen molar-refractivity contribution < 1.29 is 8.42 Å². The van der Waals surface area contributed by atoms with Crippen molar-refractivity contribution in [3.63, 3.8) is 0 Å². The van der Waals surface area contributed by atoms with Gasteiger partial charge in [0.25, 0.3) is 0 Å². The molecule has 0 aliphatic rings. The van der Waals surface area contributed by atoms with Gasteiger partial charge in [0.2, 0.25) is 10.0 Å². The molecule has 98 valence electrons. The maximum atomic E-state index is 12.0. The Morgan fingerprint density at radius 1 is 1.42 bits per heavy atom. The normalized spacial score (nSPS) is 11.1. The largest absolute Gasteiger partial charge is 0.250 e. The smallest absolute Gasteiger partial charge is 0.240 e. The summed E-state index contributed by atoms with van der Waals surface area (Å²) < 4.78 is 26.5. The topological polar surface area (TPSA) is 82.8 Å². The molecule has 0 aliphatic heterocycles. The first-order chi connectivity index (χ1) is 9.12. The number of rotatable bonds is 5. The summed E-state index contributed by atoms with van der Waals surface area (Å²) in [5.41, 5.74) is 0.322. The van der Waals surface area contributed by atoms with E-state index < -0.39 is 10.0 Å². The summed E-state index contributed by atoms with van der Waals surface area (Å²) in [4.78, 5) is 4.18. The van der Waals surface area contributed by atoms with Gasteiger partial charge in [-0.15, -0.1) is 11.3 Å². The summed E-state index contributed by atoms with van der Waals surface area (Å²) in [5.74, 6) is 0. The Balaban J connectivity index is 2.03. The Hall–Kier alpha value is -1.75. The summed E-state index contributed by atoms with van der Waals surface area (Å²) in [6.45, 7) is 0.284. The molecule has 0 atom stereocenters. The van der Waals surface area contributed by atoms with Crippen LogP contribution in [0.1, 0.15) is 10.6 Å². The minimum atomic E-state index is -3.57. The minimum Gasteiger partial charge on any atom is -0.250 e. The maximum absolute atomic E-state index is 12.0. The molecule has 0 fully saturated rings. The molecule has 0 aliphatic carbocycles. The third kappa shape index (κ3) is 3.61. The molecule has 1 aromatic carbocycles. The lowest BCUT2D eigenvalue weighted by Crippen LogP contribution is -2.26. The van der Waals surface area contributed by atoms with Crippen LogP contribution in [0, 0.1) is 11.3 Å². The lowest BCUT2D eigenvalue weighted by molar-refractivity contribution is 0.581. The zero-order chi connectivity index (χ0) is 13.7. The van der Waals surface area contributed by atoms with Gasteiger partial charge in [-0.05, 0) is 18.2 Å². The van der Waals surface area contributed by atoms with Gasteiger partial charge in [0, 0.05) is 24.5 Å². The highest BCUT2D eigenvalue weighted by Gasteiger charge is 2.13. The van der Waals surface area contributed by atoms with E-state index in [1.807, 2.05) is 11.4 Å². The first-order valence-electron chi connectivity index (χ1n) is 5.50. The minimum absolute atomic E-state index is 0.102. The Bertz CT molecular complexity index is 688. The van der Waals surface area contributed by atoms with Crippen molar-refractivity contribution in [3.8, 4) is 6.07 Å². The zero-order valence-corrected chi connectivity index (χ0v) is 11.5. The Kier molecular flexibility index (Phi) is 4.27. The van der Waals surface area contributed by atoms with Crippen LogP contribution in [0.4, 0.5) is 0 Å². The highest BCUT2D eigenvalue weighted by Crippen LogP contribution is 2.11. The van der Waals surface area contributed by atoms with E-state index in [1.165, 1.54) is 23.5 Å². The summed E-state index contributed by atoms with van der Waals surface area (Å²) >= 11 is 1.49. The van der Waals surface area contributed by atoms with E-state index >= 15 is 0 Å². The number of nitrogens with one attached hydrogen (secondary N) is 1. The number of benzene rings is 1. The van der Waals surface area contributed by atoms with E-state index in [2.05, 4.69) is 9.71 Å². The highest BCUT2D eigenvalue weighted by molar-refractivity contribution is 7.89. The van der Waals surface area contributed by atoms with Crippen molar-refractivity contribution in [2.75, 3.05) is 6.54 Å². The molecule has 0 amide bonds. The molecule has 1 aromatic heterocycles. The van der Waals surface area contributed by atoms with Gasteiger partial charge < -0.3 is 0 Å². The molecule has 1 heterocycles. The monoisotopic (exact) mass is 293 g/mol. The summed E-state index contributed by atoms with van der Waals surface area (Å²) in [6.07, 6.45) is 2.24. The van der Waals surface area contributed by atoms with Gasteiger partial charge in [-0.3, -0.25) is 0 Å². The second-order valence-electron chi connectivity index (χ2n) is 3.71. The first kappa shape index (κ1) is 13.7. The molecule has 0 saturated carbocycles. The molecular formula is C12H11N3O2S2. The van der Waals surface area contributed by atoms with Crippen LogP contribution in [0.5, 0.6) is 0 Å². The van der Waals surface area contributed by atoms with Crippen LogP contribution in [0.2, 0.25) is 0 Å². The lowest BCUT2D eigenvalue weighted by atomic mass is 10.2. The number of thiazole rings is 1. The van der Waals surface area contributed by atoms with Crippen molar-refractivity contribution >= 4 is 21.4 Å². The van der Waals surface area contributed by atoms with E-state index in [0.717, 1.165) is 5.01 Å². The first-order valence-corrected chi connectivity index (χ1v) is 7.86. The van der Waals surface area contributed by atoms with Crippen molar-refractivity contribution in [3.05, 3.63) is 46.4 Å². The fourth-order valence-corrected chi connectivity index (χ4v) is 3.18. The van der Waals surface area contributed by atoms with Crippen LogP contribution in [-0.2, 0) is 16.4 Å². The standard InChI is InChI=1S/C12H11N3O2S2/c13-9-10-2-1-3-11(8-10)19(16,17)15-5-4-12-14-6-7-18-12/h1-3,6-8,15H,4-5H2. The van der Waals surface area contributed by atoms with Crippen LogP contribution in [0.15, 0.2) is 40.7 Å². The fraction of sp³-hybridized carbons (Fsp3) is 0.167. The van der Waals surface area contributed by atoms with E-state index in [9.17, 15) is 8.42 Å². The van der Waals surface area contributed by atoms with Gasteiger partial charge in [0.1, 0.15) is 0 Å². The van der Waals surface area contributed by atoms with Crippen molar-refractivity contribution in [1.82, 2.24) is 9.71 Å². The van der Waals surface area contributed by atoms with E-state index in [0.29, 0.717) is 12.0 Å². The molecule has 7 heteroatoms. The highest BCUT2D eigenvalue weighted by atomic mass is 32.2. The Morgan fingerprint density at radius 3 is 2.95 bits per heavy atom. The van der Waals surface area contributed by atoms with Gasteiger partial charge in [-0.1, -0.05) is 6.07 Å². The van der Waals surface area contributed by atoms with E-state index in [-0.39, 0.29) is 11.4 Å². The number of hydrogen-bond acceptors (Lipinski definition) is 5. The van der Waals surface area contributed by atoms with Crippen LogP contribution in [-0.4, -0.2) is 19.9 Å². The van der Waals surface area contributed by atoms with Crippen molar-refractivity contribution in [1.29, 1.82) is 5.26 Å². The Labute approximate surface area is 115 Å². The maximum Gasteiger partial charge on any atom is 0.240 e. The molecule has 2 aromatic rings. The van der Waals surface area contributed by atoms with E-state index in [4.69, 9.17) is 5.26 Å². The third-order valence-corrected chi connectivity index (χ3v) is 4.69. The van der Waals surface area contributed by atoms with Gasteiger partial charge in [-0.25, -0.2) is 18.1 Å². The van der Waals surface area contributed by atoms with Crippen LogP contribution in [0.3, 0.4) is 0 Å². The molecule has 0 spiro atoms. The molecular weight excluding hydrogens is 282 g/mol. The third-order valence-electron chi connectivity index (χ3n) is 2.39. The molecule has 0 unspecified atom stereocenters. The van der Waals surface area contributed by atoms with Gasteiger partial charge >= 0.3 is 0 Å². The van der Waals surface area contributed by atoms with Crippen molar-refractivity contribution in [2.45, 2.75) is 11.3 Å². The summed E-state index contributed by atoms with van der Waals surface area (Å²) in [7, 11) is -3.57. The predicted octanol–water partition coefficient (Wildman–Crippen LogP) is 1.54. The molecule has 2 rings (SSSR count). The number of nitrogens with zero attached hydrogens (tertiary/aromatic N) is 2. The predicted molar refractivity (Wildman–Crippen MR) is 72.2 cm³/mol. The van der Waals surface area contributed by atoms with Crippen LogP contribution in [0.25, 0.3) is 0 Å². The lowest BCUT2D eigenvalue weighted by Gasteiger charge is -2.05. The quantitative estimate of drug-likeness (QED) is 0.906. The molecule has 0 radical (unpaired) electrons. The molecule has 0 bridgehead atoms. The molecule has 5 nitrogen and oxygen atoms in total. The average Bonchev–Trinajstić information content (AvgIpc) is 2.92. The fourth-order valence-electron chi connectivity index (χ4n) is 1.48. The number of nitriles is 1. The second kappa shape index (κ2) is 5.93. The van der Waals surface area contributed by atoms with Gasteiger partial charge in [-0.2, -0.15) is 5.26 Å². The number of aromatic nitrogens is 1. The second-order valence-corrected chi connectivity index (χ2v) is 6.46. The van der Waals surface area contributed by atoms with Gasteiger partial charge in [0.05, 0.1) is 21.5 Å². The van der Waals surface area contributed by atoms with Crippen LogP contribution < -0.4 is 4.72 Å². The summed E-state index contributed by atoms with van der Waals surface area (Å²) in [6, 6.07) is 7.85. The van der Waals surface area contributed by atoms with E-state index in [1.54, 1.807) is 18.3 Å². The molecule has 19 heavy (non-hydrogen) atoms. The Morgan fingerprint density at radius 2 is 2.26 bits per heavy atom. The van der Waals surface area contributed by atoms with Crippen molar-refractivity contribution in [2.24, 2.45) is 0 Å². The molecule has 1 N–H and O–H groups in total. The SMILES string of the molecule is N#Cc1cccc(S(=O)(=O)NCCc2nccs2)c1. The van der Waals surface area contributed by atoms with Crippen LogP contribution >= 0.6 is 11.3 Å². The number of hydrogen-bond donors (Lipinski definition) is 1. The average molecular weight is 293 g/mol. The number of sulfonamides is 1. The summed E-state index contributed by atoms with van der Waals surface area (Å²) in [5, 5.41) is 11.5. The van der Waals surface area contributed by atoms with Gasteiger partial charge in [0.15, 0.2) is 0 Å².